The first-order valence-corrected chi connectivity index (χ1v) is 7.79. The monoisotopic (exact) mass is 239 g/mol. The maximum atomic E-state index is 3.64. The Hall–Kier alpha value is -0.0400. The van der Waals surface area contributed by atoms with Gasteiger partial charge >= 0.3 is 0 Å². The Bertz CT molecular complexity index is 190. The standard InChI is InChI=1S/C16H33N/c1-5-12-17-14(2)13-16(3,4)15-10-8-6-7-9-11-15/h14-15,17H,5-13H2,1-4H3. The molecule has 1 unspecified atom stereocenters. The Morgan fingerprint density at radius 1 is 1.12 bits per heavy atom. The third kappa shape index (κ3) is 5.42. The summed E-state index contributed by atoms with van der Waals surface area (Å²) in [5.41, 5.74) is 0.518. The molecule has 1 aliphatic rings. The highest BCUT2D eigenvalue weighted by Gasteiger charge is 2.30. The van der Waals surface area contributed by atoms with Gasteiger partial charge in [-0.05, 0) is 50.5 Å². The number of hydrogen-bond acceptors (Lipinski definition) is 1. The molecule has 102 valence electrons. The Morgan fingerprint density at radius 2 is 1.71 bits per heavy atom. The van der Waals surface area contributed by atoms with E-state index in [1.165, 1.54) is 57.9 Å². The van der Waals surface area contributed by atoms with Crippen LogP contribution in [0.15, 0.2) is 0 Å². The third-order valence-corrected chi connectivity index (χ3v) is 4.54. The van der Waals surface area contributed by atoms with E-state index in [0.29, 0.717) is 11.5 Å². The van der Waals surface area contributed by atoms with Crippen molar-refractivity contribution in [1.29, 1.82) is 0 Å². The lowest BCUT2D eigenvalue weighted by atomic mass is 9.71. The molecule has 17 heavy (non-hydrogen) atoms. The van der Waals surface area contributed by atoms with Gasteiger partial charge in [-0.15, -0.1) is 0 Å². The minimum atomic E-state index is 0.518. The molecule has 0 spiro atoms. The van der Waals surface area contributed by atoms with Crippen LogP contribution >= 0.6 is 0 Å². The molecule has 0 aromatic carbocycles. The quantitative estimate of drug-likeness (QED) is 0.659. The number of nitrogens with one attached hydrogen (secondary N) is 1. The lowest BCUT2D eigenvalue weighted by molar-refractivity contribution is 0.156. The van der Waals surface area contributed by atoms with E-state index in [-0.39, 0.29) is 0 Å². The molecule has 1 N–H and O–H groups in total. The molecule has 0 saturated heterocycles. The summed E-state index contributed by atoms with van der Waals surface area (Å²) in [7, 11) is 0. The van der Waals surface area contributed by atoms with Gasteiger partial charge in [0.2, 0.25) is 0 Å². The van der Waals surface area contributed by atoms with Gasteiger partial charge in [-0.3, -0.25) is 0 Å². The van der Waals surface area contributed by atoms with E-state index in [1.54, 1.807) is 0 Å². The van der Waals surface area contributed by atoms with E-state index < -0.39 is 0 Å². The lowest BCUT2D eigenvalue weighted by Gasteiger charge is -2.36. The van der Waals surface area contributed by atoms with E-state index in [4.69, 9.17) is 0 Å². The van der Waals surface area contributed by atoms with Crippen molar-refractivity contribution in [3.8, 4) is 0 Å². The Kier molecular flexibility index (Phi) is 6.54. The second-order valence-corrected chi connectivity index (χ2v) is 6.74. The van der Waals surface area contributed by atoms with Gasteiger partial charge in [-0.1, -0.05) is 46.5 Å². The average molecular weight is 239 g/mol. The van der Waals surface area contributed by atoms with Gasteiger partial charge in [0.15, 0.2) is 0 Å². The summed E-state index contributed by atoms with van der Waals surface area (Å²) in [6.45, 7) is 10.8. The molecule has 0 heterocycles. The van der Waals surface area contributed by atoms with Crippen LogP contribution in [-0.4, -0.2) is 12.6 Å². The van der Waals surface area contributed by atoms with Crippen LogP contribution in [0.5, 0.6) is 0 Å². The average Bonchev–Trinajstić information content (AvgIpc) is 2.54. The Labute approximate surface area is 109 Å². The van der Waals surface area contributed by atoms with Crippen molar-refractivity contribution in [2.24, 2.45) is 11.3 Å². The Morgan fingerprint density at radius 3 is 2.24 bits per heavy atom. The van der Waals surface area contributed by atoms with Crippen LogP contribution in [0.3, 0.4) is 0 Å². The van der Waals surface area contributed by atoms with E-state index in [9.17, 15) is 0 Å². The predicted molar refractivity (Wildman–Crippen MR) is 77.3 cm³/mol. The van der Waals surface area contributed by atoms with Crippen LogP contribution in [0.25, 0.3) is 0 Å². The maximum Gasteiger partial charge on any atom is 0.00439 e. The zero-order valence-electron chi connectivity index (χ0n) is 12.5. The largest absolute Gasteiger partial charge is 0.314 e. The smallest absolute Gasteiger partial charge is 0.00439 e. The van der Waals surface area contributed by atoms with Crippen LogP contribution in [-0.2, 0) is 0 Å². The molecule has 0 amide bonds. The molecular formula is C16H33N. The van der Waals surface area contributed by atoms with Crippen molar-refractivity contribution >= 4 is 0 Å². The molecule has 1 saturated carbocycles. The number of rotatable bonds is 6. The molecule has 1 atom stereocenters. The zero-order valence-corrected chi connectivity index (χ0v) is 12.5. The van der Waals surface area contributed by atoms with Gasteiger partial charge in [0.1, 0.15) is 0 Å². The molecule has 1 fully saturated rings. The summed E-state index contributed by atoms with van der Waals surface area (Å²) < 4.78 is 0. The highest BCUT2D eigenvalue weighted by molar-refractivity contribution is 4.83. The summed E-state index contributed by atoms with van der Waals surface area (Å²) >= 11 is 0. The van der Waals surface area contributed by atoms with E-state index in [1.807, 2.05) is 0 Å². The molecular weight excluding hydrogens is 206 g/mol. The third-order valence-electron chi connectivity index (χ3n) is 4.54. The first-order valence-electron chi connectivity index (χ1n) is 7.79. The van der Waals surface area contributed by atoms with Gasteiger partial charge in [0.25, 0.3) is 0 Å². The zero-order chi connectivity index (χ0) is 12.7. The SMILES string of the molecule is CCCNC(C)CC(C)(C)C1CCCCCC1. The van der Waals surface area contributed by atoms with Crippen LogP contribution in [0.2, 0.25) is 0 Å². The normalized spacial score (nSPS) is 21.2. The second-order valence-electron chi connectivity index (χ2n) is 6.74. The van der Waals surface area contributed by atoms with Crippen molar-refractivity contribution in [3.63, 3.8) is 0 Å². The summed E-state index contributed by atoms with van der Waals surface area (Å²) in [6, 6.07) is 0.674. The minimum absolute atomic E-state index is 0.518. The van der Waals surface area contributed by atoms with Crippen molar-refractivity contribution in [2.45, 2.75) is 85.1 Å². The highest BCUT2D eigenvalue weighted by Crippen LogP contribution is 2.40. The molecule has 0 radical (unpaired) electrons. The molecule has 0 bridgehead atoms. The first-order chi connectivity index (χ1) is 8.06. The van der Waals surface area contributed by atoms with Crippen LogP contribution in [0.1, 0.15) is 79.1 Å². The molecule has 0 aromatic rings. The predicted octanol–water partition coefficient (Wildman–Crippen LogP) is 4.76. The highest BCUT2D eigenvalue weighted by atomic mass is 14.9. The van der Waals surface area contributed by atoms with Gasteiger partial charge in [0, 0.05) is 6.04 Å². The van der Waals surface area contributed by atoms with Crippen LogP contribution in [0, 0.1) is 11.3 Å². The van der Waals surface area contributed by atoms with Crippen molar-refractivity contribution in [3.05, 3.63) is 0 Å². The molecule has 1 heteroatoms. The van der Waals surface area contributed by atoms with Crippen LogP contribution in [0.4, 0.5) is 0 Å². The van der Waals surface area contributed by atoms with Gasteiger partial charge in [-0.25, -0.2) is 0 Å². The topological polar surface area (TPSA) is 12.0 Å². The van der Waals surface area contributed by atoms with E-state index in [0.717, 1.165) is 5.92 Å². The first kappa shape index (κ1) is 15.0. The summed E-state index contributed by atoms with van der Waals surface area (Å²) in [6.07, 6.45) is 11.4. The van der Waals surface area contributed by atoms with Crippen LogP contribution < -0.4 is 5.32 Å². The summed E-state index contributed by atoms with van der Waals surface area (Å²) in [5, 5.41) is 3.64. The van der Waals surface area contributed by atoms with Crippen molar-refractivity contribution < 1.29 is 0 Å². The second kappa shape index (κ2) is 7.41. The minimum Gasteiger partial charge on any atom is -0.314 e. The summed E-state index contributed by atoms with van der Waals surface area (Å²) in [4.78, 5) is 0. The fourth-order valence-electron chi connectivity index (χ4n) is 3.48. The van der Waals surface area contributed by atoms with Crippen molar-refractivity contribution in [2.75, 3.05) is 6.54 Å². The maximum absolute atomic E-state index is 3.64. The molecule has 0 aliphatic heterocycles. The fourth-order valence-corrected chi connectivity index (χ4v) is 3.48. The fraction of sp³-hybridized carbons (Fsp3) is 1.00. The number of hydrogen-bond donors (Lipinski definition) is 1. The molecule has 1 nitrogen and oxygen atoms in total. The lowest BCUT2D eigenvalue weighted by Crippen LogP contribution is -2.35. The van der Waals surface area contributed by atoms with Crippen molar-refractivity contribution in [1.82, 2.24) is 5.32 Å². The summed E-state index contributed by atoms with van der Waals surface area (Å²) in [5.74, 6) is 0.955. The van der Waals surface area contributed by atoms with Gasteiger partial charge in [-0.2, -0.15) is 0 Å². The molecule has 1 aliphatic carbocycles. The molecule has 0 aromatic heterocycles. The van der Waals surface area contributed by atoms with Gasteiger partial charge < -0.3 is 5.32 Å². The van der Waals surface area contributed by atoms with E-state index >= 15 is 0 Å². The molecule has 1 rings (SSSR count). The Balaban J connectivity index is 2.41. The van der Waals surface area contributed by atoms with E-state index in [2.05, 4.69) is 33.0 Å². The van der Waals surface area contributed by atoms with Gasteiger partial charge in [0.05, 0.1) is 0 Å².